The van der Waals surface area contributed by atoms with Crippen LogP contribution in [0.4, 0.5) is 0 Å². The molecule has 0 spiro atoms. The first kappa shape index (κ1) is 17.0. The molecule has 130 valence electrons. The zero-order chi connectivity index (χ0) is 18.0. The first-order chi connectivity index (χ1) is 11.8. The van der Waals surface area contributed by atoms with Crippen molar-refractivity contribution in [2.45, 2.75) is 39.2 Å². The summed E-state index contributed by atoms with van der Waals surface area (Å²) in [5, 5.41) is 6.77. The minimum atomic E-state index is -0.423. The lowest BCUT2D eigenvalue weighted by Gasteiger charge is -2.18. The van der Waals surface area contributed by atoms with Crippen LogP contribution < -0.4 is 5.32 Å². The van der Waals surface area contributed by atoms with E-state index >= 15 is 0 Å². The van der Waals surface area contributed by atoms with Gasteiger partial charge in [0, 0.05) is 5.56 Å². The van der Waals surface area contributed by atoms with Crippen LogP contribution in [0.1, 0.15) is 55.7 Å². The molecular weight excluding hydrogens is 318 g/mol. The molecule has 3 rings (SSSR count). The topological polar surface area (TPSA) is 81.2 Å². The van der Waals surface area contributed by atoms with Crippen molar-refractivity contribution in [1.29, 1.82) is 0 Å². The number of carbonyl (C=O) groups excluding carboxylic acids is 1. The van der Waals surface area contributed by atoms with Gasteiger partial charge in [-0.05, 0) is 30.0 Å². The summed E-state index contributed by atoms with van der Waals surface area (Å²) in [5.74, 6) is 0.750. The fourth-order valence-corrected chi connectivity index (χ4v) is 2.38. The minimum Gasteiger partial charge on any atom is -0.459 e. The van der Waals surface area contributed by atoms with Gasteiger partial charge in [0.05, 0.1) is 6.26 Å². The normalized spacial score (nSPS) is 12.8. The van der Waals surface area contributed by atoms with E-state index in [1.54, 1.807) is 19.1 Å². The van der Waals surface area contributed by atoms with E-state index in [1.807, 2.05) is 12.1 Å². The molecule has 0 radical (unpaired) electrons. The van der Waals surface area contributed by atoms with E-state index in [-0.39, 0.29) is 17.1 Å². The van der Waals surface area contributed by atoms with Crippen LogP contribution in [0.15, 0.2) is 51.6 Å². The lowest BCUT2D eigenvalue weighted by molar-refractivity contribution is 0.0904. The Balaban J connectivity index is 1.72. The fraction of sp³-hybridized carbons (Fsp3) is 0.316. The molecule has 0 bridgehead atoms. The zero-order valence-electron chi connectivity index (χ0n) is 14.7. The third-order valence-electron chi connectivity index (χ3n) is 3.91. The summed E-state index contributed by atoms with van der Waals surface area (Å²) in [4.78, 5) is 16.4. The predicted octanol–water partition coefficient (Wildman–Crippen LogP) is 4.12. The largest absolute Gasteiger partial charge is 0.459 e. The molecule has 1 N–H and O–H groups in total. The van der Waals surface area contributed by atoms with E-state index in [2.05, 4.69) is 48.4 Å². The van der Waals surface area contributed by atoms with E-state index in [1.165, 1.54) is 11.8 Å². The van der Waals surface area contributed by atoms with E-state index in [9.17, 15) is 4.79 Å². The Labute approximate surface area is 146 Å². The van der Waals surface area contributed by atoms with Gasteiger partial charge in [-0.25, -0.2) is 0 Å². The number of nitrogens with one attached hydrogen (secondary N) is 1. The lowest BCUT2D eigenvalue weighted by atomic mass is 9.87. The average Bonchev–Trinajstić information content (AvgIpc) is 3.26. The third kappa shape index (κ3) is 3.79. The highest BCUT2D eigenvalue weighted by Crippen LogP contribution is 2.25. The molecule has 0 unspecified atom stereocenters. The summed E-state index contributed by atoms with van der Waals surface area (Å²) >= 11 is 0. The number of hydrogen-bond donors (Lipinski definition) is 1. The van der Waals surface area contributed by atoms with Crippen LogP contribution in [-0.2, 0) is 5.41 Å². The van der Waals surface area contributed by atoms with Gasteiger partial charge in [0.1, 0.15) is 6.04 Å². The molecule has 3 aromatic rings. The summed E-state index contributed by atoms with van der Waals surface area (Å²) < 4.78 is 10.4. The Morgan fingerprint density at radius 1 is 1.16 bits per heavy atom. The Morgan fingerprint density at radius 2 is 1.88 bits per heavy atom. The predicted molar refractivity (Wildman–Crippen MR) is 93.0 cm³/mol. The highest BCUT2D eigenvalue weighted by Gasteiger charge is 2.20. The van der Waals surface area contributed by atoms with Gasteiger partial charge in [0.2, 0.25) is 11.7 Å². The van der Waals surface area contributed by atoms with Gasteiger partial charge in [-0.2, -0.15) is 4.98 Å². The molecule has 0 saturated carbocycles. The molecule has 2 heterocycles. The second-order valence-electron chi connectivity index (χ2n) is 6.96. The Hall–Kier alpha value is -2.89. The third-order valence-corrected chi connectivity index (χ3v) is 3.91. The highest BCUT2D eigenvalue weighted by molar-refractivity contribution is 5.91. The van der Waals surface area contributed by atoms with Crippen molar-refractivity contribution in [3.63, 3.8) is 0 Å². The summed E-state index contributed by atoms with van der Waals surface area (Å²) in [7, 11) is 0. The number of carbonyl (C=O) groups is 1. The number of amides is 1. The van der Waals surface area contributed by atoms with E-state index in [0.717, 1.165) is 5.56 Å². The Kier molecular flexibility index (Phi) is 4.44. The maximum Gasteiger partial charge on any atom is 0.287 e. The molecule has 0 aliphatic rings. The fourth-order valence-electron chi connectivity index (χ4n) is 2.38. The van der Waals surface area contributed by atoms with Crippen LogP contribution in [0, 0.1) is 0 Å². The number of aromatic nitrogens is 2. The summed E-state index contributed by atoms with van der Waals surface area (Å²) in [6.45, 7) is 8.27. The minimum absolute atomic E-state index is 0.0889. The molecule has 0 aliphatic carbocycles. The molecule has 0 fully saturated rings. The van der Waals surface area contributed by atoms with Crippen molar-refractivity contribution in [2.75, 3.05) is 0 Å². The molecule has 6 heteroatoms. The second-order valence-corrected chi connectivity index (χ2v) is 6.96. The van der Waals surface area contributed by atoms with Crippen molar-refractivity contribution in [3.05, 3.63) is 59.9 Å². The van der Waals surface area contributed by atoms with Gasteiger partial charge in [-0.15, -0.1) is 0 Å². The monoisotopic (exact) mass is 339 g/mol. The Bertz CT molecular complexity index is 843. The van der Waals surface area contributed by atoms with Crippen LogP contribution in [0.5, 0.6) is 0 Å². The van der Waals surface area contributed by atoms with E-state index in [4.69, 9.17) is 8.94 Å². The number of rotatable bonds is 4. The molecule has 1 amide bonds. The van der Waals surface area contributed by atoms with Crippen molar-refractivity contribution in [3.8, 4) is 11.4 Å². The van der Waals surface area contributed by atoms with Gasteiger partial charge >= 0.3 is 0 Å². The van der Waals surface area contributed by atoms with Crippen LogP contribution in [-0.4, -0.2) is 16.0 Å². The van der Waals surface area contributed by atoms with Crippen LogP contribution in [0.25, 0.3) is 11.4 Å². The molecule has 0 saturated heterocycles. The van der Waals surface area contributed by atoms with Gasteiger partial charge in [-0.1, -0.05) is 50.2 Å². The van der Waals surface area contributed by atoms with Gasteiger partial charge in [0.15, 0.2) is 5.76 Å². The average molecular weight is 339 g/mol. The molecule has 0 aliphatic heterocycles. The quantitative estimate of drug-likeness (QED) is 0.773. The lowest BCUT2D eigenvalue weighted by Crippen LogP contribution is -2.26. The highest BCUT2D eigenvalue weighted by atomic mass is 16.5. The second kappa shape index (κ2) is 6.55. The standard InChI is InChI=1S/C19H21N3O3/c1-12(20-17(23)15-6-5-11-24-15)18-21-16(22-25-18)13-7-9-14(10-8-13)19(2,3)4/h5-12H,1-4H3,(H,20,23)/t12-/m0/s1. The van der Waals surface area contributed by atoms with Crippen molar-refractivity contribution >= 4 is 5.91 Å². The maximum absolute atomic E-state index is 12.0. The van der Waals surface area contributed by atoms with Crippen molar-refractivity contribution in [2.24, 2.45) is 0 Å². The molecule has 2 aromatic heterocycles. The summed E-state index contributed by atoms with van der Waals surface area (Å²) in [6.07, 6.45) is 1.45. The first-order valence-corrected chi connectivity index (χ1v) is 8.13. The van der Waals surface area contributed by atoms with Gasteiger partial charge < -0.3 is 14.3 Å². The van der Waals surface area contributed by atoms with E-state index < -0.39 is 6.04 Å². The van der Waals surface area contributed by atoms with Crippen molar-refractivity contribution in [1.82, 2.24) is 15.5 Å². The zero-order valence-corrected chi connectivity index (χ0v) is 14.7. The van der Waals surface area contributed by atoms with Crippen LogP contribution in [0.2, 0.25) is 0 Å². The van der Waals surface area contributed by atoms with Crippen LogP contribution in [0.3, 0.4) is 0 Å². The maximum atomic E-state index is 12.0. The first-order valence-electron chi connectivity index (χ1n) is 8.13. The van der Waals surface area contributed by atoms with E-state index in [0.29, 0.717) is 11.7 Å². The molecule has 6 nitrogen and oxygen atoms in total. The van der Waals surface area contributed by atoms with Gasteiger partial charge in [0.25, 0.3) is 5.91 Å². The smallest absolute Gasteiger partial charge is 0.287 e. The number of nitrogens with zero attached hydrogens (tertiary/aromatic N) is 2. The number of benzene rings is 1. The Morgan fingerprint density at radius 3 is 2.48 bits per heavy atom. The summed E-state index contributed by atoms with van der Waals surface area (Å²) in [6, 6.07) is 10.9. The number of hydrogen-bond acceptors (Lipinski definition) is 5. The molecule has 25 heavy (non-hydrogen) atoms. The van der Waals surface area contributed by atoms with Crippen molar-refractivity contribution < 1.29 is 13.7 Å². The molecule has 1 atom stereocenters. The SMILES string of the molecule is C[C@H](NC(=O)c1ccco1)c1nc(-c2ccc(C(C)(C)C)cc2)no1. The number of furan rings is 1. The molecular formula is C19H21N3O3. The van der Waals surface area contributed by atoms with Crippen LogP contribution >= 0.6 is 0 Å². The summed E-state index contributed by atoms with van der Waals surface area (Å²) in [5.41, 5.74) is 2.19. The van der Waals surface area contributed by atoms with Gasteiger partial charge in [-0.3, -0.25) is 4.79 Å². The molecule has 1 aromatic carbocycles.